The van der Waals surface area contributed by atoms with Crippen LogP contribution in [-0.2, 0) is 13.1 Å². The molecule has 3 amide bonds. The first-order valence-corrected chi connectivity index (χ1v) is 12.6. The Bertz CT molecular complexity index is 1230. The van der Waals surface area contributed by atoms with E-state index in [9.17, 15) is 14.7 Å². The van der Waals surface area contributed by atoms with E-state index in [-0.39, 0.29) is 31.6 Å². The molecule has 1 N–H and O–H groups in total. The van der Waals surface area contributed by atoms with Crippen molar-refractivity contribution in [3.63, 3.8) is 0 Å². The van der Waals surface area contributed by atoms with Crippen molar-refractivity contribution in [1.82, 2.24) is 24.3 Å². The molecule has 2 aromatic rings. The first-order valence-electron chi connectivity index (χ1n) is 12.3. The highest BCUT2D eigenvalue weighted by Crippen LogP contribution is 2.29. The van der Waals surface area contributed by atoms with Gasteiger partial charge in [-0.3, -0.25) is 14.7 Å². The summed E-state index contributed by atoms with van der Waals surface area (Å²) < 4.78 is 1.87. The van der Waals surface area contributed by atoms with Crippen molar-refractivity contribution in [2.75, 3.05) is 20.2 Å². The van der Waals surface area contributed by atoms with Crippen LogP contribution < -0.4 is 0 Å². The molecule has 1 aliphatic heterocycles. The third kappa shape index (κ3) is 5.44. The molecule has 1 aliphatic carbocycles. The molecular weight excluding hydrogens is 478 g/mol. The summed E-state index contributed by atoms with van der Waals surface area (Å²) in [5.74, 6) is 0.704. The Hall–Kier alpha value is -3.23. The number of urea groups is 1. The summed E-state index contributed by atoms with van der Waals surface area (Å²) in [4.78, 5) is 39.0. The number of amides is 3. The van der Waals surface area contributed by atoms with E-state index in [1.165, 1.54) is 15.4 Å². The minimum Gasteiger partial charge on any atom is -0.396 e. The number of fused-ring (bicyclic) bond motifs is 1. The molecule has 0 saturated heterocycles. The van der Waals surface area contributed by atoms with Crippen molar-refractivity contribution >= 4 is 29.1 Å². The van der Waals surface area contributed by atoms with E-state index in [2.05, 4.69) is 31.0 Å². The Morgan fingerprint density at radius 2 is 2.00 bits per heavy atom. The van der Waals surface area contributed by atoms with Gasteiger partial charge < -0.3 is 14.6 Å². The number of hydrogen-bond acceptors (Lipinski definition) is 5. The number of aliphatic hydroxyl groups excluding tert-OH is 1. The number of imidazole rings is 1. The lowest BCUT2D eigenvalue weighted by molar-refractivity contribution is 0.0765. The molecule has 0 aromatic carbocycles. The second kappa shape index (κ2) is 11.2. The summed E-state index contributed by atoms with van der Waals surface area (Å²) >= 11 is 6.05. The first-order chi connectivity index (χ1) is 17.3. The topological polar surface area (TPSA) is 91.6 Å². The van der Waals surface area contributed by atoms with Gasteiger partial charge >= 0.3 is 6.03 Å². The monoisotopic (exact) mass is 509 g/mol. The number of unbranched alkanes of at least 4 members (excludes halogenated alkanes) is 1. The smallest absolute Gasteiger partial charge is 0.327 e. The molecule has 0 spiro atoms. The predicted octanol–water partition coefficient (Wildman–Crippen LogP) is 4.69. The predicted molar refractivity (Wildman–Crippen MR) is 139 cm³/mol. The van der Waals surface area contributed by atoms with Crippen LogP contribution in [0, 0.1) is 5.92 Å². The number of aromatic nitrogens is 3. The Morgan fingerprint density at radius 3 is 2.69 bits per heavy atom. The summed E-state index contributed by atoms with van der Waals surface area (Å²) in [6.07, 6.45) is 11.7. The zero-order chi connectivity index (χ0) is 25.8. The van der Waals surface area contributed by atoms with Gasteiger partial charge in [-0.2, -0.15) is 0 Å². The van der Waals surface area contributed by atoms with Crippen LogP contribution >= 0.6 is 11.6 Å². The number of pyridine rings is 1. The van der Waals surface area contributed by atoms with Crippen LogP contribution in [0.4, 0.5) is 4.79 Å². The lowest BCUT2D eigenvalue weighted by Gasteiger charge is -2.24. The molecule has 0 atom stereocenters. The van der Waals surface area contributed by atoms with Crippen LogP contribution in [0.1, 0.15) is 60.8 Å². The van der Waals surface area contributed by atoms with Gasteiger partial charge in [0.05, 0.1) is 29.5 Å². The number of rotatable bonds is 8. The summed E-state index contributed by atoms with van der Waals surface area (Å²) in [6.45, 7) is 5.10. The van der Waals surface area contributed by atoms with Gasteiger partial charge in [0.15, 0.2) is 0 Å². The highest BCUT2D eigenvalue weighted by Gasteiger charge is 2.36. The van der Waals surface area contributed by atoms with Crippen molar-refractivity contribution < 1.29 is 14.7 Å². The minimum atomic E-state index is -0.385. The Morgan fingerprint density at radius 1 is 1.19 bits per heavy atom. The van der Waals surface area contributed by atoms with Gasteiger partial charge in [0.25, 0.3) is 5.91 Å². The van der Waals surface area contributed by atoms with Gasteiger partial charge in [0, 0.05) is 32.0 Å². The third-order valence-corrected chi connectivity index (χ3v) is 6.70. The van der Waals surface area contributed by atoms with E-state index < -0.39 is 0 Å². The molecule has 0 saturated carbocycles. The molecule has 2 aromatic heterocycles. The fraction of sp³-hybridized carbons (Fsp3) is 0.407. The van der Waals surface area contributed by atoms with Crippen LogP contribution in [-0.4, -0.2) is 61.6 Å². The van der Waals surface area contributed by atoms with Crippen LogP contribution in [0.15, 0.2) is 48.2 Å². The number of carbonyl (C=O) groups excluding carboxylic acids is 2. The lowest BCUT2D eigenvalue weighted by atomic mass is 10.00. The normalized spacial score (nSPS) is 16.2. The quantitative estimate of drug-likeness (QED) is 0.521. The zero-order valence-electron chi connectivity index (χ0n) is 20.9. The van der Waals surface area contributed by atoms with Crippen LogP contribution in [0.5, 0.6) is 0 Å². The maximum absolute atomic E-state index is 13.8. The molecule has 0 unspecified atom stereocenters. The van der Waals surface area contributed by atoms with E-state index in [0.717, 1.165) is 17.7 Å². The molecule has 8 nitrogen and oxygen atoms in total. The summed E-state index contributed by atoms with van der Waals surface area (Å²) in [7, 11) is 1.67. The fourth-order valence-electron chi connectivity index (χ4n) is 4.41. The van der Waals surface area contributed by atoms with E-state index in [1.54, 1.807) is 19.3 Å². The highest BCUT2D eigenvalue weighted by atomic mass is 35.5. The number of imide groups is 1. The molecule has 3 heterocycles. The maximum Gasteiger partial charge on any atom is 0.327 e. The second-order valence-corrected chi connectivity index (χ2v) is 9.87. The average molecular weight is 510 g/mol. The molecule has 4 rings (SSSR count). The van der Waals surface area contributed by atoms with Crippen molar-refractivity contribution in [3.8, 4) is 0 Å². The van der Waals surface area contributed by atoms with E-state index in [0.29, 0.717) is 47.5 Å². The highest BCUT2D eigenvalue weighted by molar-refractivity contribution is 6.30. The lowest BCUT2D eigenvalue weighted by Crippen LogP contribution is -2.43. The van der Waals surface area contributed by atoms with Gasteiger partial charge in [-0.25, -0.2) is 9.78 Å². The van der Waals surface area contributed by atoms with Gasteiger partial charge in [-0.15, -0.1) is 0 Å². The largest absolute Gasteiger partial charge is 0.396 e. The summed E-state index contributed by atoms with van der Waals surface area (Å²) in [5.41, 5.74) is 3.90. The number of aliphatic hydroxyl groups is 1. The fourth-order valence-corrected chi connectivity index (χ4v) is 4.53. The molecule has 0 fully saturated rings. The van der Waals surface area contributed by atoms with Gasteiger partial charge in [0.1, 0.15) is 11.5 Å². The Kier molecular flexibility index (Phi) is 8.06. The van der Waals surface area contributed by atoms with E-state index in [1.807, 2.05) is 22.8 Å². The Labute approximate surface area is 216 Å². The van der Waals surface area contributed by atoms with Crippen LogP contribution in [0.25, 0.3) is 5.57 Å². The zero-order valence-corrected chi connectivity index (χ0v) is 21.7. The number of carbonyl (C=O) groups is 2. The molecule has 0 bridgehead atoms. The molecule has 0 radical (unpaired) electrons. The standard InChI is InChI=1S/C27H32ClN5O3/c1-18(2)19-7-6-8-20(10-9-19)25-30-23-17-31(3)27(36)32(13-4-5-14-34)26(35)24(23)33(25)16-22-12-11-21(28)15-29-22/h6-8,10-12,15,18,34H,4-5,9,13-14,16-17H2,1-3H3. The number of hydrogen-bond donors (Lipinski definition) is 1. The number of nitrogens with zero attached hydrogens (tertiary/aromatic N) is 5. The average Bonchev–Trinajstić information content (AvgIpc) is 2.98. The van der Waals surface area contributed by atoms with Crippen molar-refractivity contribution in [1.29, 1.82) is 0 Å². The molecular formula is C27H32ClN5O3. The van der Waals surface area contributed by atoms with Gasteiger partial charge in [-0.05, 0) is 37.3 Å². The Balaban J connectivity index is 1.81. The van der Waals surface area contributed by atoms with Crippen molar-refractivity contribution in [2.45, 2.75) is 46.2 Å². The third-order valence-electron chi connectivity index (χ3n) is 6.47. The minimum absolute atomic E-state index is 0.00845. The molecule has 190 valence electrons. The summed E-state index contributed by atoms with van der Waals surface area (Å²) in [5, 5.41) is 9.73. The number of halogens is 1. The molecule has 36 heavy (non-hydrogen) atoms. The van der Waals surface area contributed by atoms with Crippen LogP contribution in [0.2, 0.25) is 5.02 Å². The van der Waals surface area contributed by atoms with Gasteiger partial charge in [0.2, 0.25) is 0 Å². The van der Waals surface area contributed by atoms with Crippen molar-refractivity contribution in [2.24, 2.45) is 5.92 Å². The first kappa shape index (κ1) is 25.9. The summed E-state index contributed by atoms with van der Waals surface area (Å²) in [6, 6.07) is 3.22. The van der Waals surface area contributed by atoms with Gasteiger partial charge in [-0.1, -0.05) is 55.3 Å². The molecule has 9 heteroatoms. The van der Waals surface area contributed by atoms with E-state index >= 15 is 0 Å². The SMILES string of the molecule is CC(C)C1=CC=CC(c2nc3c(n2Cc2ccc(Cl)cn2)C(=O)N(CCCCO)C(=O)N(C)C3)=CC1. The maximum atomic E-state index is 13.8. The van der Waals surface area contributed by atoms with Crippen molar-refractivity contribution in [3.05, 3.63) is 76.1 Å². The van der Waals surface area contributed by atoms with E-state index in [4.69, 9.17) is 16.6 Å². The number of allylic oxidation sites excluding steroid dienone is 6. The second-order valence-electron chi connectivity index (χ2n) is 9.43. The van der Waals surface area contributed by atoms with Crippen LogP contribution in [0.3, 0.4) is 0 Å². The molecule has 2 aliphatic rings.